The highest BCUT2D eigenvalue weighted by Gasteiger charge is 2.21. The van der Waals surface area contributed by atoms with E-state index < -0.39 is 0 Å². The van der Waals surface area contributed by atoms with E-state index in [9.17, 15) is 5.11 Å². The van der Waals surface area contributed by atoms with Crippen LogP contribution in [-0.4, -0.2) is 27.6 Å². The van der Waals surface area contributed by atoms with Crippen LogP contribution < -0.4 is 10.1 Å². The summed E-state index contributed by atoms with van der Waals surface area (Å²) in [5.74, 6) is 1.60. The minimum absolute atomic E-state index is 0.135. The van der Waals surface area contributed by atoms with Gasteiger partial charge < -0.3 is 15.2 Å². The Morgan fingerprint density at radius 1 is 1.20 bits per heavy atom. The molecule has 1 aliphatic rings. The number of nitrogens with one attached hydrogen (secondary N) is 1. The number of anilines is 1. The molecule has 0 aliphatic heterocycles. The number of aromatic hydroxyl groups is 1. The molecule has 1 aromatic carbocycles. The standard InChI is InChI=1S/C20H23N3O2/c1-13-9-10-23-18(11-13)22-19(20(23)21-15-5-3-4-6-15)14-7-8-16(24)17(12-14)25-2/h7-12,15,21,24H,3-6H2,1-2H3. The number of imidazole rings is 1. The van der Waals surface area contributed by atoms with Gasteiger partial charge in [-0.3, -0.25) is 4.40 Å². The second-order valence-electron chi connectivity index (χ2n) is 6.75. The van der Waals surface area contributed by atoms with Crippen molar-refractivity contribution in [1.82, 2.24) is 9.38 Å². The van der Waals surface area contributed by atoms with Crippen molar-refractivity contribution in [1.29, 1.82) is 0 Å². The minimum Gasteiger partial charge on any atom is -0.504 e. The molecule has 0 spiro atoms. The minimum atomic E-state index is 0.135. The number of pyridine rings is 1. The zero-order valence-electron chi connectivity index (χ0n) is 14.6. The van der Waals surface area contributed by atoms with E-state index in [0.717, 1.165) is 22.7 Å². The number of phenols is 1. The van der Waals surface area contributed by atoms with Crippen LogP contribution in [0.15, 0.2) is 36.5 Å². The molecule has 2 aromatic heterocycles. The Balaban J connectivity index is 1.86. The normalized spacial score (nSPS) is 15.0. The SMILES string of the molecule is COc1cc(-c2nc3cc(C)ccn3c2NC2CCCC2)ccc1O. The molecule has 0 saturated heterocycles. The van der Waals surface area contributed by atoms with Crippen LogP contribution in [0.5, 0.6) is 11.5 Å². The van der Waals surface area contributed by atoms with Crippen LogP contribution in [0.2, 0.25) is 0 Å². The Bertz CT molecular complexity index is 911. The molecule has 0 unspecified atom stereocenters. The van der Waals surface area contributed by atoms with Gasteiger partial charge in [-0.15, -0.1) is 0 Å². The molecule has 2 heterocycles. The van der Waals surface area contributed by atoms with Gasteiger partial charge in [0.1, 0.15) is 17.2 Å². The lowest BCUT2D eigenvalue weighted by atomic mass is 10.1. The molecule has 5 heteroatoms. The van der Waals surface area contributed by atoms with E-state index in [1.165, 1.54) is 31.2 Å². The zero-order valence-corrected chi connectivity index (χ0v) is 14.6. The fraction of sp³-hybridized carbons (Fsp3) is 0.350. The third-order valence-electron chi connectivity index (χ3n) is 4.93. The summed E-state index contributed by atoms with van der Waals surface area (Å²) in [6, 6.07) is 10.0. The average Bonchev–Trinajstić information content (AvgIpc) is 3.24. The molecule has 5 nitrogen and oxygen atoms in total. The van der Waals surface area contributed by atoms with E-state index in [2.05, 4.69) is 35.0 Å². The highest BCUT2D eigenvalue weighted by Crippen LogP contribution is 2.36. The lowest BCUT2D eigenvalue weighted by molar-refractivity contribution is 0.373. The molecule has 0 radical (unpaired) electrons. The fourth-order valence-electron chi connectivity index (χ4n) is 3.57. The number of fused-ring (bicyclic) bond motifs is 1. The number of benzene rings is 1. The van der Waals surface area contributed by atoms with Crippen molar-refractivity contribution in [2.45, 2.75) is 38.6 Å². The molecule has 0 bridgehead atoms. The van der Waals surface area contributed by atoms with Crippen molar-refractivity contribution in [3.63, 3.8) is 0 Å². The van der Waals surface area contributed by atoms with Crippen LogP contribution in [-0.2, 0) is 0 Å². The van der Waals surface area contributed by atoms with E-state index >= 15 is 0 Å². The molecule has 1 saturated carbocycles. The number of phenolic OH excluding ortho intramolecular Hbond substituents is 1. The van der Waals surface area contributed by atoms with Crippen molar-refractivity contribution in [2.24, 2.45) is 0 Å². The first-order valence-corrected chi connectivity index (χ1v) is 8.78. The van der Waals surface area contributed by atoms with Crippen molar-refractivity contribution < 1.29 is 9.84 Å². The predicted molar refractivity (Wildman–Crippen MR) is 99.5 cm³/mol. The maximum atomic E-state index is 9.89. The Labute approximate surface area is 147 Å². The number of rotatable bonds is 4. The number of hydrogen-bond acceptors (Lipinski definition) is 4. The van der Waals surface area contributed by atoms with Gasteiger partial charge in [-0.1, -0.05) is 12.8 Å². The van der Waals surface area contributed by atoms with E-state index in [4.69, 9.17) is 9.72 Å². The van der Waals surface area contributed by atoms with Crippen LogP contribution >= 0.6 is 0 Å². The molecular weight excluding hydrogens is 314 g/mol. The summed E-state index contributed by atoms with van der Waals surface area (Å²) in [4.78, 5) is 4.85. The highest BCUT2D eigenvalue weighted by molar-refractivity contribution is 5.78. The number of ether oxygens (including phenoxy) is 1. The Hall–Kier alpha value is -2.69. The summed E-state index contributed by atoms with van der Waals surface area (Å²) >= 11 is 0. The molecule has 130 valence electrons. The molecular formula is C20H23N3O2. The van der Waals surface area contributed by atoms with Gasteiger partial charge in [-0.05, 0) is 55.7 Å². The predicted octanol–water partition coefficient (Wildman–Crippen LogP) is 4.38. The first-order chi connectivity index (χ1) is 12.2. The monoisotopic (exact) mass is 337 g/mol. The first kappa shape index (κ1) is 15.8. The van der Waals surface area contributed by atoms with E-state index in [1.807, 2.05) is 12.1 Å². The zero-order chi connectivity index (χ0) is 17.4. The third kappa shape index (κ3) is 2.90. The summed E-state index contributed by atoms with van der Waals surface area (Å²) < 4.78 is 7.38. The Kier molecular flexibility index (Phi) is 3.99. The van der Waals surface area contributed by atoms with Crippen molar-refractivity contribution in [2.75, 3.05) is 12.4 Å². The molecule has 25 heavy (non-hydrogen) atoms. The molecule has 2 N–H and O–H groups in total. The Morgan fingerprint density at radius 2 is 2.00 bits per heavy atom. The van der Waals surface area contributed by atoms with Crippen LogP contribution in [0.3, 0.4) is 0 Å². The van der Waals surface area contributed by atoms with Crippen molar-refractivity contribution >= 4 is 11.5 Å². The van der Waals surface area contributed by atoms with Crippen molar-refractivity contribution in [3.05, 3.63) is 42.1 Å². The quantitative estimate of drug-likeness (QED) is 0.742. The second-order valence-corrected chi connectivity index (χ2v) is 6.75. The van der Waals surface area contributed by atoms with Gasteiger partial charge in [0.25, 0.3) is 0 Å². The Morgan fingerprint density at radius 3 is 2.76 bits per heavy atom. The summed E-state index contributed by atoms with van der Waals surface area (Å²) in [5, 5.41) is 13.6. The maximum absolute atomic E-state index is 9.89. The van der Waals surface area contributed by atoms with Crippen LogP contribution in [0, 0.1) is 6.92 Å². The fourth-order valence-corrected chi connectivity index (χ4v) is 3.57. The number of hydrogen-bond donors (Lipinski definition) is 2. The third-order valence-corrected chi connectivity index (χ3v) is 4.93. The maximum Gasteiger partial charge on any atom is 0.161 e. The first-order valence-electron chi connectivity index (χ1n) is 8.78. The van der Waals surface area contributed by atoms with Crippen LogP contribution in [0.1, 0.15) is 31.2 Å². The molecule has 1 aliphatic carbocycles. The van der Waals surface area contributed by atoms with Gasteiger partial charge in [0.05, 0.1) is 7.11 Å². The second kappa shape index (κ2) is 6.31. The van der Waals surface area contributed by atoms with Crippen molar-refractivity contribution in [3.8, 4) is 22.8 Å². The van der Waals surface area contributed by atoms with Gasteiger partial charge in [0, 0.05) is 17.8 Å². The van der Waals surface area contributed by atoms with Gasteiger partial charge in [-0.25, -0.2) is 4.98 Å². The largest absolute Gasteiger partial charge is 0.504 e. The summed E-state index contributed by atoms with van der Waals surface area (Å²) in [5.41, 5.74) is 3.91. The number of aromatic nitrogens is 2. The number of nitrogens with zero attached hydrogens (tertiary/aromatic N) is 2. The summed E-state index contributed by atoms with van der Waals surface area (Å²) in [6.07, 6.45) is 7.00. The lowest BCUT2D eigenvalue weighted by Gasteiger charge is -2.15. The lowest BCUT2D eigenvalue weighted by Crippen LogP contribution is -2.16. The van der Waals surface area contributed by atoms with Gasteiger partial charge in [-0.2, -0.15) is 0 Å². The molecule has 1 fully saturated rings. The molecule has 0 atom stereocenters. The van der Waals surface area contributed by atoms with Gasteiger partial charge in [0.15, 0.2) is 11.5 Å². The topological polar surface area (TPSA) is 58.8 Å². The van der Waals surface area contributed by atoms with E-state index in [1.54, 1.807) is 13.2 Å². The molecule has 0 amide bonds. The molecule has 3 aromatic rings. The van der Waals surface area contributed by atoms with E-state index in [0.29, 0.717) is 11.8 Å². The number of methoxy groups -OCH3 is 1. The van der Waals surface area contributed by atoms with Gasteiger partial charge >= 0.3 is 0 Å². The highest BCUT2D eigenvalue weighted by atomic mass is 16.5. The van der Waals surface area contributed by atoms with E-state index in [-0.39, 0.29) is 5.75 Å². The van der Waals surface area contributed by atoms with Gasteiger partial charge in [0.2, 0.25) is 0 Å². The van der Waals surface area contributed by atoms with Crippen LogP contribution in [0.4, 0.5) is 5.82 Å². The smallest absolute Gasteiger partial charge is 0.161 e. The average molecular weight is 337 g/mol. The molecule has 4 rings (SSSR count). The van der Waals surface area contributed by atoms with Crippen LogP contribution in [0.25, 0.3) is 16.9 Å². The number of aryl methyl sites for hydroxylation is 1. The summed E-state index contributed by atoms with van der Waals surface area (Å²) in [6.45, 7) is 2.07. The summed E-state index contributed by atoms with van der Waals surface area (Å²) in [7, 11) is 1.56.